The number of hydrogen-bond acceptors (Lipinski definition) is 5. The second-order valence-electron chi connectivity index (χ2n) is 5.03. The van der Waals surface area contributed by atoms with Crippen molar-refractivity contribution >= 4 is 0 Å². The maximum atomic E-state index is 5.97. The van der Waals surface area contributed by atoms with Crippen molar-refractivity contribution in [1.82, 2.24) is 4.90 Å². The molecular weight excluding hydrogens is 232 g/mol. The monoisotopic (exact) mass is 260 g/mol. The Morgan fingerprint density at radius 2 is 2.06 bits per heavy atom. The first-order chi connectivity index (χ1) is 8.62. The fourth-order valence-electron chi connectivity index (χ4n) is 2.75. The number of methoxy groups -OCH3 is 2. The second-order valence-corrected chi connectivity index (χ2v) is 5.03. The summed E-state index contributed by atoms with van der Waals surface area (Å²) in [5.74, 6) is 0. The average molecular weight is 260 g/mol. The normalized spacial score (nSPS) is 25.3. The fourth-order valence-corrected chi connectivity index (χ4v) is 2.75. The summed E-state index contributed by atoms with van der Waals surface area (Å²) in [6.45, 7) is 7.30. The quantitative estimate of drug-likeness (QED) is 0.687. The highest BCUT2D eigenvalue weighted by atomic mass is 16.7. The number of hydrogen-bond donors (Lipinski definition) is 1. The molecule has 5 nitrogen and oxygen atoms in total. The van der Waals surface area contributed by atoms with Crippen molar-refractivity contribution in [2.75, 3.05) is 40.5 Å². The lowest BCUT2D eigenvalue weighted by Gasteiger charge is -2.47. The fraction of sp³-hybridized carbons (Fsp3) is 1.00. The number of rotatable bonds is 7. The summed E-state index contributed by atoms with van der Waals surface area (Å²) >= 11 is 0. The van der Waals surface area contributed by atoms with Crippen molar-refractivity contribution < 1.29 is 14.2 Å². The van der Waals surface area contributed by atoms with Gasteiger partial charge in [0.25, 0.3) is 0 Å². The van der Waals surface area contributed by atoms with Gasteiger partial charge in [0.2, 0.25) is 0 Å². The molecule has 0 saturated carbocycles. The van der Waals surface area contributed by atoms with Gasteiger partial charge in [-0.25, -0.2) is 0 Å². The Kier molecular flexibility index (Phi) is 6.52. The third-order valence-electron chi connectivity index (χ3n) is 3.85. The van der Waals surface area contributed by atoms with E-state index in [1.54, 1.807) is 14.2 Å². The van der Waals surface area contributed by atoms with Crippen LogP contribution in [0.2, 0.25) is 0 Å². The highest BCUT2D eigenvalue weighted by Crippen LogP contribution is 2.26. The van der Waals surface area contributed by atoms with E-state index in [0.717, 1.165) is 32.5 Å². The first-order valence-corrected chi connectivity index (χ1v) is 6.74. The largest absolute Gasteiger partial charge is 0.377 e. The van der Waals surface area contributed by atoms with Gasteiger partial charge >= 0.3 is 0 Å². The van der Waals surface area contributed by atoms with E-state index in [2.05, 4.69) is 11.8 Å². The van der Waals surface area contributed by atoms with Gasteiger partial charge in [0.1, 0.15) is 0 Å². The Morgan fingerprint density at radius 1 is 1.39 bits per heavy atom. The minimum absolute atomic E-state index is 0.295. The summed E-state index contributed by atoms with van der Waals surface area (Å²) in [5.41, 5.74) is 5.66. The first-order valence-electron chi connectivity index (χ1n) is 6.74. The van der Waals surface area contributed by atoms with E-state index in [0.29, 0.717) is 12.6 Å². The van der Waals surface area contributed by atoms with E-state index in [9.17, 15) is 0 Å². The molecule has 108 valence electrons. The van der Waals surface area contributed by atoms with E-state index in [1.165, 1.54) is 0 Å². The van der Waals surface area contributed by atoms with Crippen LogP contribution in [-0.2, 0) is 14.2 Å². The molecule has 0 bridgehead atoms. The second kappa shape index (κ2) is 7.40. The van der Waals surface area contributed by atoms with Crippen molar-refractivity contribution in [1.29, 1.82) is 0 Å². The van der Waals surface area contributed by atoms with Crippen molar-refractivity contribution in [3.63, 3.8) is 0 Å². The Morgan fingerprint density at radius 3 is 2.56 bits per heavy atom. The van der Waals surface area contributed by atoms with Crippen LogP contribution in [0.25, 0.3) is 0 Å². The van der Waals surface area contributed by atoms with Gasteiger partial charge in [-0.1, -0.05) is 0 Å². The summed E-state index contributed by atoms with van der Waals surface area (Å²) < 4.78 is 16.6. The number of nitrogens with zero attached hydrogens (tertiary/aromatic N) is 1. The highest BCUT2D eigenvalue weighted by molar-refractivity contribution is 4.93. The third kappa shape index (κ3) is 3.42. The predicted octanol–water partition coefficient (Wildman–Crippen LogP) is 0.824. The summed E-state index contributed by atoms with van der Waals surface area (Å²) in [7, 11) is 3.32. The third-order valence-corrected chi connectivity index (χ3v) is 3.85. The van der Waals surface area contributed by atoms with E-state index in [-0.39, 0.29) is 11.8 Å². The lowest BCUT2D eigenvalue weighted by atomic mass is 9.94. The van der Waals surface area contributed by atoms with Crippen LogP contribution >= 0.6 is 0 Å². The number of piperidine rings is 1. The van der Waals surface area contributed by atoms with E-state index < -0.39 is 0 Å². The maximum absolute atomic E-state index is 5.97. The van der Waals surface area contributed by atoms with Crippen LogP contribution in [0, 0.1) is 0 Å². The molecule has 18 heavy (non-hydrogen) atoms. The summed E-state index contributed by atoms with van der Waals surface area (Å²) in [6.07, 6.45) is 2.22. The SMILES string of the molecule is CCOC1CCCN(C(C)(CN)C(OC)OC)C1. The van der Waals surface area contributed by atoms with Crippen LogP contribution in [0.4, 0.5) is 0 Å². The molecular formula is C13H28N2O3. The molecule has 1 fully saturated rings. The van der Waals surface area contributed by atoms with Gasteiger partial charge in [0.05, 0.1) is 11.6 Å². The van der Waals surface area contributed by atoms with Gasteiger partial charge in [-0.05, 0) is 33.2 Å². The van der Waals surface area contributed by atoms with Crippen molar-refractivity contribution in [2.24, 2.45) is 5.73 Å². The Balaban J connectivity index is 2.73. The van der Waals surface area contributed by atoms with Crippen LogP contribution in [0.1, 0.15) is 26.7 Å². The van der Waals surface area contributed by atoms with Crippen LogP contribution in [0.3, 0.4) is 0 Å². The lowest BCUT2D eigenvalue weighted by molar-refractivity contribution is -0.190. The van der Waals surface area contributed by atoms with Crippen molar-refractivity contribution in [2.45, 2.75) is 44.6 Å². The molecule has 1 aliphatic heterocycles. The van der Waals surface area contributed by atoms with Gasteiger partial charge in [-0.2, -0.15) is 0 Å². The molecule has 1 rings (SSSR count). The van der Waals surface area contributed by atoms with Crippen LogP contribution < -0.4 is 5.73 Å². The maximum Gasteiger partial charge on any atom is 0.176 e. The van der Waals surface area contributed by atoms with Crippen LogP contribution in [0.5, 0.6) is 0 Å². The number of ether oxygens (including phenoxy) is 3. The molecule has 2 unspecified atom stereocenters. The zero-order valence-electron chi connectivity index (χ0n) is 12.1. The standard InChI is InChI=1S/C13H28N2O3/c1-5-18-11-7-6-8-15(9-11)13(2,10-14)12(16-3)17-4/h11-12H,5-10,14H2,1-4H3. The molecule has 0 aliphatic carbocycles. The molecule has 1 saturated heterocycles. The molecule has 1 aliphatic rings. The molecule has 2 N–H and O–H groups in total. The summed E-state index contributed by atoms with van der Waals surface area (Å²) in [4.78, 5) is 2.34. The van der Waals surface area contributed by atoms with Gasteiger partial charge in [0.15, 0.2) is 6.29 Å². The van der Waals surface area contributed by atoms with Crippen molar-refractivity contribution in [3.8, 4) is 0 Å². The first kappa shape index (κ1) is 15.9. The topological polar surface area (TPSA) is 57.0 Å². The summed E-state index contributed by atoms with van der Waals surface area (Å²) in [6, 6.07) is 0. The molecule has 0 aromatic carbocycles. The minimum atomic E-state index is -0.317. The van der Waals surface area contributed by atoms with Crippen molar-refractivity contribution in [3.05, 3.63) is 0 Å². The predicted molar refractivity (Wildman–Crippen MR) is 71.5 cm³/mol. The number of nitrogens with two attached hydrogens (primary N) is 1. The molecule has 1 heterocycles. The van der Waals surface area contributed by atoms with E-state index >= 15 is 0 Å². The van der Waals surface area contributed by atoms with Crippen LogP contribution in [-0.4, -0.2) is 63.3 Å². The lowest BCUT2D eigenvalue weighted by Crippen LogP contribution is -2.63. The van der Waals surface area contributed by atoms with E-state index in [4.69, 9.17) is 19.9 Å². The van der Waals surface area contributed by atoms with E-state index in [1.807, 2.05) is 6.92 Å². The van der Waals surface area contributed by atoms with Crippen LogP contribution in [0.15, 0.2) is 0 Å². The Labute approximate surface area is 111 Å². The summed E-state index contributed by atoms with van der Waals surface area (Å²) in [5, 5.41) is 0. The molecule has 0 amide bonds. The zero-order chi connectivity index (χ0) is 13.6. The molecule has 0 radical (unpaired) electrons. The molecule has 5 heteroatoms. The van der Waals surface area contributed by atoms with Gasteiger partial charge in [-0.3, -0.25) is 4.90 Å². The van der Waals surface area contributed by atoms with Gasteiger partial charge in [0, 0.05) is 33.9 Å². The average Bonchev–Trinajstić information content (AvgIpc) is 2.40. The highest BCUT2D eigenvalue weighted by Gasteiger charge is 2.41. The zero-order valence-corrected chi connectivity index (χ0v) is 12.1. The minimum Gasteiger partial charge on any atom is -0.377 e. The van der Waals surface area contributed by atoms with Gasteiger partial charge in [-0.15, -0.1) is 0 Å². The number of likely N-dealkylation sites (tertiary alicyclic amines) is 1. The molecule has 0 aromatic heterocycles. The smallest absolute Gasteiger partial charge is 0.176 e. The Bertz CT molecular complexity index is 234. The van der Waals surface area contributed by atoms with Gasteiger partial charge < -0.3 is 19.9 Å². The Hall–Kier alpha value is -0.200. The molecule has 0 aromatic rings. The molecule has 2 atom stereocenters. The molecule has 0 spiro atoms.